The highest BCUT2D eigenvalue weighted by Gasteiger charge is 2.16. The van der Waals surface area contributed by atoms with E-state index in [0.717, 1.165) is 6.07 Å². The number of benzene rings is 2. The highest BCUT2D eigenvalue weighted by molar-refractivity contribution is 5.95. The van der Waals surface area contributed by atoms with Gasteiger partial charge in [0.25, 0.3) is 11.8 Å². The third-order valence-electron chi connectivity index (χ3n) is 4.19. The van der Waals surface area contributed by atoms with Crippen LogP contribution in [0.25, 0.3) is 0 Å². The summed E-state index contributed by atoms with van der Waals surface area (Å²) in [6, 6.07) is 10.3. The largest absolute Gasteiger partial charge is 0.364 e. The average Bonchev–Trinajstić information content (AvgIpc) is 2.74. The summed E-state index contributed by atoms with van der Waals surface area (Å²) < 4.78 is 27.3. The normalized spacial score (nSPS) is 10.5. The van der Waals surface area contributed by atoms with Crippen molar-refractivity contribution in [1.29, 1.82) is 0 Å². The quantitative estimate of drug-likeness (QED) is 0.528. The van der Waals surface area contributed by atoms with E-state index in [0.29, 0.717) is 11.3 Å². The predicted octanol–water partition coefficient (Wildman–Crippen LogP) is 2.31. The third kappa shape index (κ3) is 5.07. The molecule has 3 rings (SSSR count). The molecule has 0 aliphatic carbocycles. The Morgan fingerprint density at radius 2 is 1.77 bits per heavy atom. The van der Waals surface area contributed by atoms with Crippen molar-refractivity contribution in [2.24, 2.45) is 5.73 Å². The van der Waals surface area contributed by atoms with E-state index in [4.69, 9.17) is 5.73 Å². The van der Waals surface area contributed by atoms with Gasteiger partial charge in [0, 0.05) is 37.5 Å². The Bertz CT molecular complexity index is 1120. The molecule has 11 heteroatoms. The first-order chi connectivity index (χ1) is 14.8. The van der Waals surface area contributed by atoms with Crippen LogP contribution >= 0.6 is 0 Å². The van der Waals surface area contributed by atoms with Crippen LogP contribution in [0.2, 0.25) is 0 Å². The lowest BCUT2D eigenvalue weighted by Gasteiger charge is -2.12. The molecular formula is C20H19F2N7O2. The summed E-state index contributed by atoms with van der Waals surface area (Å²) in [5.41, 5.74) is 6.13. The summed E-state index contributed by atoms with van der Waals surface area (Å²) in [6.07, 6.45) is 0. The van der Waals surface area contributed by atoms with Gasteiger partial charge in [-0.15, -0.1) is 10.2 Å². The lowest BCUT2D eigenvalue weighted by molar-refractivity contribution is 0.0827. The summed E-state index contributed by atoms with van der Waals surface area (Å²) in [5.74, 6) is -3.06. The van der Waals surface area contributed by atoms with Crippen LogP contribution in [0.3, 0.4) is 0 Å². The van der Waals surface area contributed by atoms with E-state index in [2.05, 4.69) is 25.8 Å². The second kappa shape index (κ2) is 9.11. The molecule has 160 valence electrons. The number of primary amides is 1. The third-order valence-corrected chi connectivity index (χ3v) is 4.19. The minimum Gasteiger partial charge on any atom is -0.364 e. The number of hydrogen-bond donors (Lipinski definition) is 3. The number of amides is 2. The monoisotopic (exact) mass is 427 g/mol. The van der Waals surface area contributed by atoms with Crippen LogP contribution in [-0.4, -0.2) is 46.0 Å². The van der Waals surface area contributed by atoms with E-state index in [1.165, 1.54) is 17.0 Å². The van der Waals surface area contributed by atoms with Crippen molar-refractivity contribution in [3.63, 3.8) is 0 Å². The molecule has 0 aliphatic rings. The van der Waals surface area contributed by atoms with E-state index in [-0.39, 0.29) is 35.5 Å². The zero-order valence-corrected chi connectivity index (χ0v) is 16.7. The first kappa shape index (κ1) is 21.6. The summed E-state index contributed by atoms with van der Waals surface area (Å²) in [5, 5.41) is 13.2. The van der Waals surface area contributed by atoms with E-state index in [1.54, 1.807) is 38.4 Å². The molecule has 0 atom stereocenters. The highest BCUT2D eigenvalue weighted by Crippen LogP contribution is 2.19. The first-order valence-electron chi connectivity index (χ1n) is 9.06. The standard InChI is InChI=1S/C20H19F2N7O2/c1-29(2)19(31)11-6-8-13(9-7-11)25-20-26-18(16(17(23)30)27-28-20)24-10-12-4-3-5-14(21)15(12)22/h3-9H,10H2,1-2H3,(H2,23,30)(H2,24,25,26,28). The Hall–Kier alpha value is -4.15. The number of hydrogen-bond acceptors (Lipinski definition) is 7. The van der Waals surface area contributed by atoms with Crippen LogP contribution in [-0.2, 0) is 6.54 Å². The number of carbonyl (C=O) groups excluding carboxylic acids is 2. The van der Waals surface area contributed by atoms with Crippen LogP contribution in [0.4, 0.5) is 26.2 Å². The van der Waals surface area contributed by atoms with Gasteiger partial charge in [-0.05, 0) is 30.3 Å². The molecule has 1 aromatic heterocycles. The zero-order chi connectivity index (χ0) is 22.5. The van der Waals surface area contributed by atoms with Crippen LogP contribution in [0.5, 0.6) is 0 Å². The van der Waals surface area contributed by atoms with Crippen LogP contribution in [0.1, 0.15) is 26.4 Å². The van der Waals surface area contributed by atoms with Gasteiger partial charge in [-0.25, -0.2) is 8.78 Å². The van der Waals surface area contributed by atoms with E-state index < -0.39 is 17.5 Å². The van der Waals surface area contributed by atoms with E-state index in [9.17, 15) is 18.4 Å². The van der Waals surface area contributed by atoms with Crippen molar-refractivity contribution in [3.8, 4) is 0 Å². The highest BCUT2D eigenvalue weighted by atomic mass is 19.2. The maximum atomic E-state index is 13.9. The Morgan fingerprint density at radius 3 is 2.42 bits per heavy atom. The Morgan fingerprint density at radius 1 is 1.06 bits per heavy atom. The number of aromatic nitrogens is 3. The fourth-order valence-electron chi connectivity index (χ4n) is 2.62. The Kier molecular flexibility index (Phi) is 6.34. The fourth-order valence-corrected chi connectivity index (χ4v) is 2.62. The summed E-state index contributed by atoms with van der Waals surface area (Å²) in [6.45, 7) is -0.163. The molecule has 3 aromatic rings. The molecule has 0 saturated carbocycles. The number of anilines is 3. The van der Waals surface area contributed by atoms with Gasteiger partial charge in [0.1, 0.15) is 0 Å². The number of carbonyl (C=O) groups is 2. The zero-order valence-electron chi connectivity index (χ0n) is 16.7. The Balaban J connectivity index is 1.80. The molecule has 0 fully saturated rings. The number of nitrogens with two attached hydrogens (primary N) is 1. The van der Waals surface area contributed by atoms with Crippen molar-refractivity contribution in [1.82, 2.24) is 20.1 Å². The van der Waals surface area contributed by atoms with E-state index in [1.807, 2.05) is 0 Å². The molecule has 0 radical (unpaired) electrons. The molecule has 31 heavy (non-hydrogen) atoms. The molecule has 9 nitrogen and oxygen atoms in total. The number of rotatable bonds is 7. The minimum absolute atomic E-state index is 0.0268. The molecular weight excluding hydrogens is 408 g/mol. The summed E-state index contributed by atoms with van der Waals surface area (Å²) in [7, 11) is 3.30. The summed E-state index contributed by atoms with van der Waals surface area (Å²) in [4.78, 5) is 29.2. The van der Waals surface area contributed by atoms with Gasteiger partial charge >= 0.3 is 0 Å². The van der Waals surface area contributed by atoms with Crippen LogP contribution in [0.15, 0.2) is 42.5 Å². The smallest absolute Gasteiger partial charge is 0.273 e. The number of nitrogens with one attached hydrogen (secondary N) is 2. The van der Waals surface area contributed by atoms with Gasteiger partial charge in [-0.3, -0.25) is 9.59 Å². The maximum absolute atomic E-state index is 13.9. The van der Waals surface area contributed by atoms with Crippen LogP contribution < -0.4 is 16.4 Å². The number of nitrogens with zero attached hydrogens (tertiary/aromatic N) is 4. The van der Waals surface area contributed by atoms with Gasteiger partial charge in [-0.1, -0.05) is 12.1 Å². The molecule has 0 saturated heterocycles. The minimum atomic E-state index is -1.01. The summed E-state index contributed by atoms with van der Waals surface area (Å²) >= 11 is 0. The molecule has 1 heterocycles. The molecule has 0 aliphatic heterocycles. The average molecular weight is 427 g/mol. The van der Waals surface area contributed by atoms with Crippen LogP contribution in [0, 0.1) is 11.6 Å². The molecule has 0 spiro atoms. The second-order valence-corrected chi connectivity index (χ2v) is 6.67. The lowest BCUT2D eigenvalue weighted by Crippen LogP contribution is -2.21. The molecule has 2 aromatic carbocycles. The van der Waals surface area contributed by atoms with Crippen molar-refractivity contribution >= 4 is 29.3 Å². The molecule has 4 N–H and O–H groups in total. The van der Waals surface area contributed by atoms with Gasteiger partial charge in [-0.2, -0.15) is 4.98 Å². The fraction of sp³-hybridized carbons (Fsp3) is 0.150. The van der Waals surface area contributed by atoms with Gasteiger partial charge < -0.3 is 21.3 Å². The first-order valence-corrected chi connectivity index (χ1v) is 9.06. The van der Waals surface area contributed by atoms with E-state index >= 15 is 0 Å². The topological polar surface area (TPSA) is 126 Å². The van der Waals surface area contributed by atoms with Gasteiger partial charge in [0.2, 0.25) is 5.95 Å². The maximum Gasteiger partial charge on any atom is 0.273 e. The molecule has 2 amide bonds. The lowest BCUT2D eigenvalue weighted by atomic mass is 10.2. The van der Waals surface area contributed by atoms with Crippen molar-refractivity contribution in [3.05, 3.63) is 70.9 Å². The SMILES string of the molecule is CN(C)C(=O)c1ccc(Nc2nnc(C(N)=O)c(NCc3cccc(F)c3F)n2)cc1. The van der Waals surface area contributed by atoms with Crippen molar-refractivity contribution in [2.75, 3.05) is 24.7 Å². The van der Waals surface area contributed by atoms with Crippen molar-refractivity contribution in [2.45, 2.75) is 6.54 Å². The molecule has 0 unspecified atom stereocenters. The predicted molar refractivity (Wildman–Crippen MR) is 110 cm³/mol. The van der Waals surface area contributed by atoms with Crippen molar-refractivity contribution < 1.29 is 18.4 Å². The van der Waals surface area contributed by atoms with Gasteiger partial charge in [0.05, 0.1) is 0 Å². The van der Waals surface area contributed by atoms with Gasteiger partial charge in [0.15, 0.2) is 23.1 Å². The molecule has 0 bridgehead atoms. The number of halogens is 2. The Labute approximate surface area is 176 Å². The second-order valence-electron chi connectivity index (χ2n) is 6.67.